The van der Waals surface area contributed by atoms with Crippen LogP contribution in [-0.4, -0.2) is 34.0 Å². The zero-order valence-corrected chi connectivity index (χ0v) is 16.7. The topological polar surface area (TPSA) is 86.5 Å². The second-order valence-electron chi connectivity index (χ2n) is 7.23. The van der Waals surface area contributed by atoms with Gasteiger partial charge in [0.25, 0.3) is 11.1 Å². The van der Waals surface area contributed by atoms with Gasteiger partial charge in [-0.05, 0) is 31.9 Å². The number of hydrogen-bond acceptors (Lipinski definition) is 7. The van der Waals surface area contributed by atoms with Gasteiger partial charge in [0.1, 0.15) is 6.61 Å². The number of fused-ring (bicyclic) bond motifs is 1. The van der Waals surface area contributed by atoms with Gasteiger partial charge in [-0.25, -0.2) is 0 Å². The Hall–Kier alpha value is -2.22. The first-order valence-corrected chi connectivity index (χ1v) is 10.8. The van der Waals surface area contributed by atoms with Crippen LogP contribution in [0.25, 0.3) is 0 Å². The Bertz CT molecular complexity index is 804. The van der Waals surface area contributed by atoms with E-state index in [9.17, 15) is 4.79 Å². The summed E-state index contributed by atoms with van der Waals surface area (Å²) in [6.45, 7) is 2.16. The summed E-state index contributed by atoms with van der Waals surface area (Å²) < 4.78 is 17.3. The minimum Gasteiger partial charge on any atom is -0.485 e. The number of benzene rings is 1. The molecule has 1 N–H and O–H groups in total. The zero-order valence-electron chi connectivity index (χ0n) is 15.9. The van der Waals surface area contributed by atoms with Crippen molar-refractivity contribution in [2.24, 2.45) is 0 Å². The highest BCUT2D eigenvalue weighted by molar-refractivity contribution is 8.00. The molecule has 7 nitrogen and oxygen atoms in total. The second-order valence-corrected chi connectivity index (χ2v) is 8.52. The summed E-state index contributed by atoms with van der Waals surface area (Å²) in [6, 6.07) is 7.76. The van der Waals surface area contributed by atoms with Crippen molar-refractivity contribution in [2.75, 3.05) is 6.61 Å². The molecule has 2 heterocycles. The average Bonchev–Trinajstić information content (AvgIpc) is 3.03. The Morgan fingerprint density at radius 2 is 1.89 bits per heavy atom. The van der Waals surface area contributed by atoms with Gasteiger partial charge in [0, 0.05) is 6.04 Å². The Kier molecular flexibility index (Phi) is 6.04. The van der Waals surface area contributed by atoms with Crippen molar-refractivity contribution in [3.8, 4) is 11.5 Å². The number of aromatic nitrogens is 2. The number of amides is 1. The Labute approximate surface area is 168 Å². The molecule has 0 radical (unpaired) electrons. The van der Waals surface area contributed by atoms with E-state index in [1.165, 1.54) is 37.4 Å². The third kappa shape index (κ3) is 4.60. The van der Waals surface area contributed by atoms with Crippen molar-refractivity contribution in [2.45, 2.75) is 68.1 Å². The molecular weight excluding hydrogens is 378 g/mol. The maximum atomic E-state index is 12.5. The largest absolute Gasteiger partial charge is 0.485 e. The van der Waals surface area contributed by atoms with Crippen molar-refractivity contribution < 1.29 is 18.7 Å². The molecule has 4 rings (SSSR count). The smallest absolute Gasteiger partial charge is 0.277 e. The highest BCUT2D eigenvalue weighted by Crippen LogP contribution is 2.36. The summed E-state index contributed by atoms with van der Waals surface area (Å²) in [5.41, 5.74) is 0. The number of nitrogens with one attached hydrogen (secondary N) is 1. The van der Waals surface area contributed by atoms with Gasteiger partial charge in [-0.1, -0.05) is 49.6 Å². The van der Waals surface area contributed by atoms with Crippen molar-refractivity contribution >= 4 is 17.7 Å². The van der Waals surface area contributed by atoms with Crippen LogP contribution >= 0.6 is 11.8 Å². The van der Waals surface area contributed by atoms with E-state index in [1.54, 1.807) is 0 Å². The summed E-state index contributed by atoms with van der Waals surface area (Å²) in [7, 11) is 0. The first-order chi connectivity index (χ1) is 13.7. The van der Waals surface area contributed by atoms with E-state index < -0.39 is 6.10 Å². The molecule has 1 aliphatic carbocycles. The predicted octanol–water partition coefficient (Wildman–Crippen LogP) is 3.90. The molecule has 28 heavy (non-hydrogen) atoms. The molecule has 1 aliphatic heterocycles. The zero-order chi connectivity index (χ0) is 19.3. The van der Waals surface area contributed by atoms with Crippen molar-refractivity contribution in [1.29, 1.82) is 0 Å². The van der Waals surface area contributed by atoms with Crippen LogP contribution in [0.2, 0.25) is 0 Å². The quantitative estimate of drug-likeness (QED) is 0.598. The molecule has 2 aromatic rings. The van der Waals surface area contributed by atoms with E-state index in [1.807, 2.05) is 31.2 Å². The summed E-state index contributed by atoms with van der Waals surface area (Å²) in [4.78, 5) is 12.5. The van der Waals surface area contributed by atoms with E-state index >= 15 is 0 Å². The van der Waals surface area contributed by atoms with Gasteiger partial charge >= 0.3 is 0 Å². The average molecular weight is 404 g/mol. The number of nitrogens with zero attached hydrogens (tertiary/aromatic N) is 2. The number of para-hydroxylation sites is 2. The molecule has 2 atom stereocenters. The molecule has 0 spiro atoms. The molecule has 1 saturated carbocycles. The number of hydrogen-bond donors (Lipinski definition) is 1. The maximum Gasteiger partial charge on any atom is 0.277 e. The van der Waals surface area contributed by atoms with Crippen LogP contribution < -0.4 is 14.8 Å². The van der Waals surface area contributed by atoms with Gasteiger partial charge in [0.15, 0.2) is 11.5 Å². The van der Waals surface area contributed by atoms with E-state index in [-0.39, 0.29) is 17.2 Å². The molecule has 2 aliphatic rings. The van der Waals surface area contributed by atoms with Crippen LogP contribution in [0.4, 0.5) is 0 Å². The van der Waals surface area contributed by atoms with Crippen LogP contribution in [0.3, 0.4) is 0 Å². The van der Waals surface area contributed by atoms with Crippen LogP contribution in [0.15, 0.2) is 33.9 Å². The molecule has 1 aromatic heterocycles. The molecule has 1 amide bonds. The van der Waals surface area contributed by atoms with Crippen LogP contribution in [0, 0.1) is 0 Å². The fourth-order valence-electron chi connectivity index (χ4n) is 3.49. The lowest BCUT2D eigenvalue weighted by Crippen LogP contribution is -2.39. The summed E-state index contributed by atoms with van der Waals surface area (Å²) in [5, 5.41) is 11.4. The van der Waals surface area contributed by atoms with Gasteiger partial charge in [-0.2, -0.15) is 0 Å². The normalized spacial score (nSPS) is 21.0. The van der Waals surface area contributed by atoms with E-state index in [0.717, 1.165) is 12.8 Å². The lowest BCUT2D eigenvalue weighted by Gasteiger charge is -2.23. The minimum absolute atomic E-state index is 0.0165. The van der Waals surface area contributed by atoms with E-state index in [2.05, 4.69) is 15.5 Å². The fourth-order valence-corrected chi connectivity index (χ4v) is 4.19. The SMILES string of the molecule is C[C@@H](Sc1nnc([C@@H]2COc3ccccc3O2)o1)C(=O)NC1CCCCCC1. The Morgan fingerprint density at radius 1 is 1.14 bits per heavy atom. The summed E-state index contributed by atoms with van der Waals surface area (Å²) in [5.74, 6) is 1.73. The van der Waals surface area contributed by atoms with Gasteiger partial charge < -0.3 is 19.2 Å². The molecule has 150 valence electrons. The molecule has 0 unspecified atom stereocenters. The highest BCUT2D eigenvalue weighted by atomic mass is 32.2. The summed E-state index contributed by atoms with van der Waals surface area (Å²) >= 11 is 1.27. The second kappa shape index (κ2) is 8.86. The minimum atomic E-state index is -0.452. The Morgan fingerprint density at radius 3 is 2.68 bits per heavy atom. The number of ether oxygens (including phenoxy) is 2. The highest BCUT2D eigenvalue weighted by Gasteiger charge is 2.28. The molecule has 1 fully saturated rings. The molecule has 0 bridgehead atoms. The van der Waals surface area contributed by atoms with Gasteiger partial charge in [0.05, 0.1) is 5.25 Å². The number of rotatable bonds is 5. The number of thioether (sulfide) groups is 1. The monoisotopic (exact) mass is 403 g/mol. The number of carbonyl (C=O) groups excluding carboxylic acids is 1. The third-order valence-corrected chi connectivity index (χ3v) is 5.99. The first kappa shape index (κ1) is 19.1. The molecule has 1 aromatic carbocycles. The summed E-state index contributed by atoms with van der Waals surface area (Å²) in [6.07, 6.45) is 6.57. The maximum absolute atomic E-state index is 12.5. The predicted molar refractivity (Wildman–Crippen MR) is 105 cm³/mol. The van der Waals surface area contributed by atoms with Crippen LogP contribution in [0.5, 0.6) is 11.5 Å². The van der Waals surface area contributed by atoms with Crippen molar-refractivity contribution in [1.82, 2.24) is 15.5 Å². The van der Waals surface area contributed by atoms with Crippen molar-refractivity contribution in [3.63, 3.8) is 0 Å². The van der Waals surface area contributed by atoms with Gasteiger partial charge in [0.2, 0.25) is 12.0 Å². The number of carbonyl (C=O) groups is 1. The van der Waals surface area contributed by atoms with E-state index in [0.29, 0.717) is 29.2 Å². The molecule has 8 heteroatoms. The van der Waals surface area contributed by atoms with E-state index in [4.69, 9.17) is 13.9 Å². The standard InChI is InChI=1S/C20H25N3O4S/c1-13(18(24)21-14-8-4-2-3-5-9-14)28-20-23-22-19(27-20)17-12-25-15-10-6-7-11-16(15)26-17/h6-7,10-11,13-14,17H,2-5,8-9,12H2,1H3,(H,21,24)/t13-,17+/m1/s1. The first-order valence-electron chi connectivity index (χ1n) is 9.88. The Balaban J connectivity index is 1.32. The lowest BCUT2D eigenvalue weighted by molar-refractivity contribution is -0.121. The lowest BCUT2D eigenvalue weighted by atomic mass is 10.1. The van der Waals surface area contributed by atoms with Crippen LogP contribution in [0.1, 0.15) is 57.4 Å². The fraction of sp³-hybridized carbons (Fsp3) is 0.550. The molecular formula is C20H25N3O4S. The van der Waals surface area contributed by atoms with Crippen molar-refractivity contribution in [3.05, 3.63) is 30.2 Å². The third-order valence-electron chi connectivity index (χ3n) is 5.05. The van der Waals surface area contributed by atoms with Gasteiger partial charge in [-0.3, -0.25) is 4.79 Å². The van der Waals surface area contributed by atoms with Gasteiger partial charge in [-0.15, -0.1) is 10.2 Å². The molecule has 0 saturated heterocycles. The van der Waals surface area contributed by atoms with Crippen LogP contribution in [-0.2, 0) is 4.79 Å².